The molecule has 0 fully saturated rings. The van der Waals surface area contributed by atoms with Crippen LogP contribution in [0.2, 0.25) is 0 Å². The fourth-order valence-corrected chi connectivity index (χ4v) is 1.94. The molecule has 21 heavy (non-hydrogen) atoms. The number of amides is 1. The molecule has 6 heteroatoms. The van der Waals surface area contributed by atoms with Crippen LogP contribution in [0.3, 0.4) is 0 Å². The molecule has 1 heterocycles. The lowest BCUT2D eigenvalue weighted by Crippen LogP contribution is -2.14. The molecule has 0 bridgehead atoms. The van der Waals surface area contributed by atoms with Gasteiger partial charge in [0.2, 0.25) is 0 Å². The summed E-state index contributed by atoms with van der Waals surface area (Å²) in [6.07, 6.45) is 3.02. The topological polar surface area (TPSA) is 85.8 Å². The molecular weight excluding hydrogens is 266 g/mol. The summed E-state index contributed by atoms with van der Waals surface area (Å²) in [7, 11) is 0. The van der Waals surface area contributed by atoms with Crippen LogP contribution in [0.25, 0.3) is 5.69 Å². The highest BCUT2D eigenvalue weighted by molar-refractivity contribution is 6.05. The van der Waals surface area contributed by atoms with Crippen molar-refractivity contribution in [1.29, 1.82) is 0 Å². The number of hydrogen-bond donors (Lipinski definition) is 2. The first-order valence-corrected chi connectivity index (χ1v) is 6.35. The number of nitrogens with one attached hydrogen (secondary N) is 1. The van der Waals surface area contributed by atoms with Crippen molar-refractivity contribution in [3.8, 4) is 5.69 Å². The van der Waals surface area contributed by atoms with E-state index in [1.165, 1.54) is 6.33 Å². The molecule has 2 aromatic carbocycles. The Labute approximate surface area is 121 Å². The Morgan fingerprint density at radius 3 is 2.57 bits per heavy atom. The third-order valence-electron chi connectivity index (χ3n) is 2.99. The molecule has 1 aromatic heterocycles. The minimum absolute atomic E-state index is 0.206. The molecule has 3 rings (SSSR count). The van der Waals surface area contributed by atoms with E-state index >= 15 is 0 Å². The Morgan fingerprint density at radius 1 is 1.10 bits per heavy atom. The van der Waals surface area contributed by atoms with Crippen molar-refractivity contribution in [2.75, 3.05) is 11.1 Å². The van der Waals surface area contributed by atoms with Gasteiger partial charge in [-0.25, -0.2) is 9.67 Å². The van der Waals surface area contributed by atoms with Gasteiger partial charge in [-0.1, -0.05) is 12.1 Å². The van der Waals surface area contributed by atoms with Crippen molar-refractivity contribution in [2.24, 2.45) is 0 Å². The van der Waals surface area contributed by atoms with Crippen molar-refractivity contribution < 1.29 is 4.79 Å². The molecule has 0 aliphatic heterocycles. The number of nitrogens with zero attached hydrogens (tertiary/aromatic N) is 3. The third kappa shape index (κ3) is 2.74. The fourth-order valence-electron chi connectivity index (χ4n) is 1.94. The number of hydrogen-bond acceptors (Lipinski definition) is 4. The van der Waals surface area contributed by atoms with E-state index in [9.17, 15) is 4.79 Å². The molecule has 1 amide bonds. The lowest BCUT2D eigenvalue weighted by atomic mass is 10.2. The van der Waals surface area contributed by atoms with E-state index in [0.29, 0.717) is 16.9 Å². The Morgan fingerprint density at radius 2 is 1.86 bits per heavy atom. The number of rotatable bonds is 3. The molecule has 0 saturated carbocycles. The quantitative estimate of drug-likeness (QED) is 0.719. The van der Waals surface area contributed by atoms with Crippen LogP contribution in [-0.4, -0.2) is 20.7 Å². The molecule has 3 N–H and O–H groups in total. The molecule has 0 aliphatic carbocycles. The molecule has 0 unspecified atom stereocenters. The summed E-state index contributed by atoms with van der Waals surface area (Å²) in [5.41, 5.74) is 8.18. The Balaban J connectivity index is 1.88. The maximum absolute atomic E-state index is 12.2. The van der Waals surface area contributed by atoms with Gasteiger partial charge in [-0.2, -0.15) is 5.10 Å². The van der Waals surface area contributed by atoms with Gasteiger partial charge in [0.05, 0.1) is 11.4 Å². The van der Waals surface area contributed by atoms with Gasteiger partial charge in [-0.05, 0) is 36.4 Å². The second-order valence-corrected chi connectivity index (χ2v) is 4.43. The van der Waals surface area contributed by atoms with Gasteiger partial charge in [-0.3, -0.25) is 4.79 Å². The van der Waals surface area contributed by atoms with E-state index in [4.69, 9.17) is 5.73 Å². The molecule has 6 nitrogen and oxygen atoms in total. The summed E-state index contributed by atoms with van der Waals surface area (Å²) in [4.78, 5) is 16.2. The van der Waals surface area contributed by atoms with E-state index in [-0.39, 0.29) is 5.91 Å². The van der Waals surface area contributed by atoms with E-state index in [0.717, 1.165) is 5.69 Å². The van der Waals surface area contributed by atoms with Crippen LogP contribution >= 0.6 is 0 Å². The SMILES string of the molecule is Nc1ccc(C(=O)Nc2ccccc2-n2cncn2)cc1. The van der Waals surface area contributed by atoms with Gasteiger partial charge >= 0.3 is 0 Å². The Hall–Kier alpha value is -3.15. The summed E-state index contributed by atoms with van der Waals surface area (Å²) in [5, 5.41) is 6.94. The number of aromatic nitrogens is 3. The smallest absolute Gasteiger partial charge is 0.255 e. The normalized spacial score (nSPS) is 10.3. The van der Waals surface area contributed by atoms with Crippen molar-refractivity contribution >= 4 is 17.3 Å². The first-order chi connectivity index (χ1) is 10.2. The summed E-state index contributed by atoms with van der Waals surface area (Å²) < 4.78 is 1.60. The molecule has 3 aromatic rings. The molecular formula is C15H13N5O. The molecule has 0 radical (unpaired) electrons. The fraction of sp³-hybridized carbons (Fsp3) is 0. The minimum Gasteiger partial charge on any atom is -0.399 e. The van der Waals surface area contributed by atoms with E-state index in [2.05, 4.69) is 15.4 Å². The summed E-state index contributed by atoms with van der Waals surface area (Å²) in [6.45, 7) is 0. The first-order valence-electron chi connectivity index (χ1n) is 6.35. The number of carbonyl (C=O) groups excluding carboxylic acids is 1. The zero-order chi connectivity index (χ0) is 14.7. The second kappa shape index (κ2) is 5.46. The van der Waals surface area contributed by atoms with Crippen molar-refractivity contribution in [1.82, 2.24) is 14.8 Å². The largest absolute Gasteiger partial charge is 0.399 e. The van der Waals surface area contributed by atoms with Crippen LogP contribution in [0, 0.1) is 0 Å². The highest BCUT2D eigenvalue weighted by atomic mass is 16.1. The predicted octanol–water partition coefficient (Wildman–Crippen LogP) is 2.10. The van der Waals surface area contributed by atoms with Crippen molar-refractivity contribution in [2.45, 2.75) is 0 Å². The first kappa shape index (κ1) is 12.9. The van der Waals surface area contributed by atoms with Crippen molar-refractivity contribution in [3.63, 3.8) is 0 Å². The molecule has 0 aliphatic rings. The van der Waals surface area contributed by atoms with Gasteiger partial charge in [0.1, 0.15) is 12.7 Å². The lowest BCUT2D eigenvalue weighted by Gasteiger charge is -2.10. The number of anilines is 2. The van der Waals surface area contributed by atoms with Crippen LogP contribution in [-0.2, 0) is 0 Å². The predicted molar refractivity (Wildman–Crippen MR) is 80.2 cm³/mol. The maximum Gasteiger partial charge on any atom is 0.255 e. The zero-order valence-electron chi connectivity index (χ0n) is 11.1. The van der Waals surface area contributed by atoms with E-state index in [1.54, 1.807) is 35.3 Å². The van der Waals surface area contributed by atoms with Gasteiger partial charge in [0.15, 0.2) is 0 Å². The highest BCUT2D eigenvalue weighted by Gasteiger charge is 2.10. The van der Waals surface area contributed by atoms with E-state index < -0.39 is 0 Å². The number of benzene rings is 2. The van der Waals surface area contributed by atoms with Crippen molar-refractivity contribution in [3.05, 3.63) is 66.7 Å². The second-order valence-electron chi connectivity index (χ2n) is 4.43. The lowest BCUT2D eigenvalue weighted by molar-refractivity contribution is 0.102. The average Bonchev–Trinajstić information content (AvgIpc) is 3.02. The Bertz CT molecular complexity index is 750. The molecule has 0 spiro atoms. The number of carbonyl (C=O) groups is 1. The zero-order valence-corrected chi connectivity index (χ0v) is 11.1. The number of para-hydroxylation sites is 2. The summed E-state index contributed by atoms with van der Waals surface area (Å²) in [5.74, 6) is -0.206. The van der Waals surface area contributed by atoms with E-state index in [1.807, 2.05) is 24.3 Å². The highest BCUT2D eigenvalue weighted by Crippen LogP contribution is 2.19. The monoisotopic (exact) mass is 279 g/mol. The standard InChI is InChI=1S/C15H13N5O/c16-12-7-5-11(6-8-12)15(21)19-13-3-1-2-4-14(13)20-10-17-9-18-20/h1-10H,16H2,(H,19,21). The average molecular weight is 279 g/mol. The van der Waals surface area contributed by atoms with Gasteiger partial charge < -0.3 is 11.1 Å². The maximum atomic E-state index is 12.2. The van der Waals surface area contributed by atoms with Gasteiger partial charge in [0, 0.05) is 11.3 Å². The Kier molecular flexibility index (Phi) is 3.34. The van der Waals surface area contributed by atoms with Crippen LogP contribution in [0.4, 0.5) is 11.4 Å². The summed E-state index contributed by atoms with van der Waals surface area (Å²) >= 11 is 0. The molecule has 104 valence electrons. The van der Waals surface area contributed by atoms with Crippen LogP contribution in [0.15, 0.2) is 61.2 Å². The van der Waals surface area contributed by atoms with Crippen LogP contribution in [0.5, 0.6) is 0 Å². The third-order valence-corrected chi connectivity index (χ3v) is 2.99. The molecule has 0 atom stereocenters. The van der Waals surface area contributed by atoms with Crippen LogP contribution < -0.4 is 11.1 Å². The summed E-state index contributed by atoms with van der Waals surface area (Å²) in [6, 6.07) is 14.1. The number of nitrogens with two attached hydrogens (primary N) is 1. The minimum atomic E-state index is -0.206. The van der Waals surface area contributed by atoms with Gasteiger partial charge in [0.25, 0.3) is 5.91 Å². The van der Waals surface area contributed by atoms with Crippen LogP contribution in [0.1, 0.15) is 10.4 Å². The number of nitrogen functional groups attached to an aromatic ring is 1. The van der Waals surface area contributed by atoms with Gasteiger partial charge in [-0.15, -0.1) is 0 Å². The molecule has 0 saturated heterocycles.